The fraction of sp³-hybridized carbons (Fsp3) is 0.188. The summed E-state index contributed by atoms with van der Waals surface area (Å²) in [5.41, 5.74) is 2.02. The zero-order chi connectivity index (χ0) is 19.2. The van der Waals surface area contributed by atoms with E-state index in [0.29, 0.717) is 5.75 Å². The molecule has 2 aromatic rings. The summed E-state index contributed by atoms with van der Waals surface area (Å²) in [6.45, 7) is -0.458. The van der Waals surface area contributed by atoms with Crippen molar-refractivity contribution in [2.45, 2.75) is 4.90 Å². The SMILES string of the molecule is COc1ccc(S(=O)(=O)NNC(=O)COc2ccc(F)cc2)cc1OC. The number of carbonyl (C=O) groups is 1. The lowest BCUT2D eigenvalue weighted by Gasteiger charge is -2.12. The van der Waals surface area contributed by atoms with Crippen molar-refractivity contribution in [2.75, 3.05) is 20.8 Å². The number of hydrogen-bond donors (Lipinski definition) is 2. The highest BCUT2D eigenvalue weighted by molar-refractivity contribution is 7.89. The molecule has 0 radical (unpaired) electrons. The Morgan fingerprint density at radius 2 is 1.69 bits per heavy atom. The molecule has 0 aromatic heterocycles. The van der Waals surface area contributed by atoms with E-state index in [1.165, 1.54) is 56.7 Å². The summed E-state index contributed by atoms with van der Waals surface area (Å²) in [6, 6.07) is 9.01. The summed E-state index contributed by atoms with van der Waals surface area (Å²) in [5, 5.41) is 0. The highest BCUT2D eigenvalue weighted by Crippen LogP contribution is 2.29. The predicted octanol–water partition coefficient (Wildman–Crippen LogP) is 1.23. The van der Waals surface area contributed by atoms with Crippen LogP contribution in [0.3, 0.4) is 0 Å². The number of carbonyl (C=O) groups excluding carboxylic acids is 1. The molecule has 140 valence electrons. The molecule has 0 aliphatic heterocycles. The van der Waals surface area contributed by atoms with Crippen molar-refractivity contribution in [3.05, 3.63) is 48.3 Å². The van der Waals surface area contributed by atoms with Crippen molar-refractivity contribution < 1.29 is 31.8 Å². The lowest BCUT2D eigenvalue weighted by Crippen LogP contribution is -2.43. The van der Waals surface area contributed by atoms with Gasteiger partial charge in [-0.25, -0.2) is 12.8 Å². The Labute approximate surface area is 149 Å². The second kappa shape index (κ2) is 8.50. The minimum Gasteiger partial charge on any atom is -0.493 e. The number of hydrazine groups is 1. The van der Waals surface area contributed by atoms with Crippen LogP contribution in [0.1, 0.15) is 0 Å². The molecule has 0 atom stereocenters. The number of halogens is 1. The second-order valence-corrected chi connectivity index (χ2v) is 6.60. The molecule has 26 heavy (non-hydrogen) atoms. The van der Waals surface area contributed by atoms with Crippen LogP contribution >= 0.6 is 0 Å². The standard InChI is InChI=1S/C16H17FN2O6S/c1-23-14-8-7-13(9-15(14)24-2)26(21,22)19-18-16(20)10-25-12-5-3-11(17)4-6-12/h3-9,19H,10H2,1-2H3,(H,18,20). The van der Waals surface area contributed by atoms with E-state index in [9.17, 15) is 17.6 Å². The molecule has 10 heteroatoms. The van der Waals surface area contributed by atoms with Crippen molar-refractivity contribution in [3.63, 3.8) is 0 Å². The van der Waals surface area contributed by atoms with Gasteiger partial charge in [0.2, 0.25) is 0 Å². The maximum Gasteiger partial charge on any atom is 0.272 e. The summed E-state index contributed by atoms with van der Waals surface area (Å²) in [5.74, 6) is -0.323. The summed E-state index contributed by atoms with van der Waals surface area (Å²) < 4.78 is 52.4. The van der Waals surface area contributed by atoms with Crippen LogP contribution in [-0.2, 0) is 14.8 Å². The molecule has 0 fully saturated rings. The van der Waals surface area contributed by atoms with E-state index in [1.807, 2.05) is 10.3 Å². The number of sulfonamides is 1. The normalized spacial score (nSPS) is 10.9. The molecule has 0 spiro atoms. The Morgan fingerprint density at radius 1 is 1.04 bits per heavy atom. The van der Waals surface area contributed by atoms with Crippen LogP contribution in [0.5, 0.6) is 17.2 Å². The lowest BCUT2D eigenvalue weighted by molar-refractivity contribution is -0.123. The Hall–Kier alpha value is -2.85. The van der Waals surface area contributed by atoms with Gasteiger partial charge in [0.05, 0.1) is 19.1 Å². The average Bonchev–Trinajstić information content (AvgIpc) is 2.65. The van der Waals surface area contributed by atoms with E-state index in [2.05, 4.69) is 0 Å². The van der Waals surface area contributed by atoms with Gasteiger partial charge >= 0.3 is 0 Å². The van der Waals surface area contributed by atoms with E-state index >= 15 is 0 Å². The first-order chi connectivity index (χ1) is 12.4. The number of ether oxygens (including phenoxy) is 3. The maximum atomic E-state index is 12.8. The molecule has 8 nitrogen and oxygen atoms in total. The van der Waals surface area contributed by atoms with Crippen LogP contribution in [-0.4, -0.2) is 35.2 Å². The molecular formula is C16H17FN2O6S. The van der Waals surface area contributed by atoms with Gasteiger partial charge in [0.1, 0.15) is 11.6 Å². The summed E-state index contributed by atoms with van der Waals surface area (Å²) in [6.07, 6.45) is 0. The monoisotopic (exact) mass is 384 g/mol. The summed E-state index contributed by atoms with van der Waals surface area (Å²) in [7, 11) is -1.23. The number of rotatable bonds is 8. The third-order valence-electron chi connectivity index (χ3n) is 3.17. The Balaban J connectivity index is 1.94. The molecule has 0 bridgehead atoms. The fourth-order valence-electron chi connectivity index (χ4n) is 1.88. The lowest BCUT2D eigenvalue weighted by atomic mass is 10.3. The number of amides is 1. The van der Waals surface area contributed by atoms with Crippen molar-refractivity contribution in [1.29, 1.82) is 0 Å². The smallest absolute Gasteiger partial charge is 0.272 e. The van der Waals surface area contributed by atoms with E-state index < -0.39 is 28.4 Å². The van der Waals surface area contributed by atoms with Gasteiger partial charge in [-0.1, -0.05) is 0 Å². The third-order valence-corrected chi connectivity index (χ3v) is 4.42. The Morgan fingerprint density at radius 3 is 2.31 bits per heavy atom. The van der Waals surface area contributed by atoms with E-state index in [1.54, 1.807) is 0 Å². The Kier molecular flexibility index (Phi) is 6.36. The van der Waals surface area contributed by atoms with Crippen molar-refractivity contribution >= 4 is 15.9 Å². The van der Waals surface area contributed by atoms with Crippen molar-refractivity contribution in [3.8, 4) is 17.2 Å². The molecule has 2 aromatic carbocycles. The first kappa shape index (κ1) is 19.5. The topological polar surface area (TPSA) is 103 Å². The first-order valence-electron chi connectivity index (χ1n) is 7.27. The minimum atomic E-state index is -4.02. The quantitative estimate of drug-likeness (QED) is 0.664. The van der Waals surface area contributed by atoms with Gasteiger partial charge in [-0.3, -0.25) is 10.2 Å². The molecule has 0 aliphatic carbocycles. The molecule has 2 N–H and O–H groups in total. The zero-order valence-electron chi connectivity index (χ0n) is 14.0. The van der Waals surface area contributed by atoms with Crippen molar-refractivity contribution in [2.24, 2.45) is 0 Å². The largest absolute Gasteiger partial charge is 0.493 e. The second-order valence-electron chi connectivity index (χ2n) is 4.91. The van der Waals surface area contributed by atoms with Crippen LogP contribution in [0.25, 0.3) is 0 Å². The summed E-state index contributed by atoms with van der Waals surface area (Å²) >= 11 is 0. The zero-order valence-corrected chi connectivity index (χ0v) is 14.8. The summed E-state index contributed by atoms with van der Waals surface area (Å²) in [4.78, 5) is 13.5. The fourth-order valence-corrected chi connectivity index (χ4v) is 2.76. The molecule has 0 aliphatic rings. The molecule has 0 unspecified atom stereocenters. The number of benzene rings is 2. The van der Waals surface area contributed by atoms with Gasteiger partial charge in [-0.2, -0.15) is 0 Å². The highest BCUT2D eigenvalue weighted by atomic mass is 32.2. The van der Waals surface area contributed by atoms with E-state index in [0.717, 1.165) is 0 Å². The Bertz CT molecular complexity index is 871. The predicted molar refractivity (Wildman–Crippen MR) is 89.9 cm³/mol. The highest BCUT2D eigenvalue weighted by Gasteiger charge is 2.18. The van der Waals surface area contributed by atoms with Gasteiger partial charge in [0.15, 0.2) is 18.1 Å². The van der Waals surface area contributed by atoms with Crippen LogP contribution in [0.4, 0.5) is 4.39 Å². The van der Waals surface area contributed by atoms with Gasteiger partial charge in [0.25, 0.3) is 15.9 Å². The van der Waals surface area contributed by atoms with Crippen LogP contribution in [0.2, 0.25) is 0 Å². The molecule has 1 amide bonds. The van der Waals surface area contributed by atoms with Crippen LogP contribution in [0.15, 0.2) is 47.4 Å². The van der Waals surface area contributed by atoms with Crippen molar-refractivity contribution in [1.82, 2.24) is 10.3 Å². The van der Waals surface area contributed by atoms with Gasteiger partial charge in [0, 0.05) is 6.07 Å². The minimum absolute atomic E-state index is 0.130. The number of nitrogens with one attached hydrogen (secondary N) is 2. The number of hydrogen-bond acceptors (Lipinski definition) is 6. The molecule has 2 rings (SSSR count). The van der Waals surface area contributed by atoms with Crippen LogP contribution in [0, 0.1) is 5.82 Å². The first-order valence-corrected chi connectivity index (χ1v) is 8.75. The van der Waals surface area contributed by atoms with E-state index in [4.69, 9.17) is 14.2 Å². The number of methoxy groups -OCH3 is 2. The van der Waals surface area contributed by atoms with Crippen LogP contribution < -0.4 is 24.5 Å². The molecule has 0 saturated carbocycles. The molecular weight excluding hydrogens is 367 g/mol. The average molecular weight is 384 g/mol. The van der Waals surface area contributed by atoms with Gasteiger partial charge in [-0.15, -0.1) is 4.83 Å². The maximum absolute atomic E-state index is 12.8. The van der Waals surface area contributed by atoms with Gasteiger partial charge < -0.3 is 14.2 Å². The molecule has 0 heterocycles. The van der Waals surface area contributed by atoms with E-state index in [-0.39, 0.29) is 16.4 Å². The molecule has 0 saturated heterocycles. The van der Waals surface area contributed by atoms with Gasteiger partial charge in [-0.05, 0) is 36.4 Å². The third kappa shape index (κ3) is 5.07.